The van der Waals surface area contributed by atoms with E-state index < -0.39 is 5.97 Å². The Labute approximate surface area is 78.4 Å². The van der Waals surface area contributed by atoms with Crippen molar-refractivity contribution in [2.24, 2.45) is 5.92 Å². The van der Waals surface area contributed by atoms with E-state index in [4.69, 9.17) is 9.84 Å². The summed E-state index contributed by atoms with van der Waals surface area (Å²) >= 11 is 0. The van der Waals surface area contributed by atoms with Crippen LogP contribution in [0.2, 0.25) is 0 Å². The minimum Gasteiger partial charge on any atom is -0.478 e. The first-order valence-electron chi connectivity index (χ1n) is 4.64. The molecule has 1 aliphatic rings. The molecule has 0 spiro atoms. The maximum atomic E-state index is 10.5. The van der Waals surface area contributed by atoms with Crippen molar-refractivity contribution in [3.8, 4) is 0 Å². The van der Waals surface area contributed by atoms with E-state index in [-0.39, 0.29) is 6.10 Å². The van der Waals surface area contributed by atoms with Crippen LogP contribution in [0.15, 0.2) is 11.6 Å². The zero-order valence-corrected chi connectivity index (χ0v) is 8.12. The Morgan fingerprint density at radius 3 is 2.62 bits per heavy atom. The largest absolute Gasteiger partial charge is 0.478 e. The van der Waals surface area contributed by atoms with E-state index >= 15 is 0 Å². The quantitative estimate of drug-likeness (QED) is 0.663. The van der Waals surface area contributed by atoms with Gasteiger partial charge in [0.1, 0.15) is 0 Å². The summed E-state index contributed by atoms with van der Waals surface area (Å²) in [5.74, 6) is -0.399. The number of ether oxygens (including phenoxy) is 1. The molecule has 1 aliphatic carbocycles. The summed E-state index contributed by atoms with van der Waals surface area (Å²) in [4.78, 5) is 10.5. The molecule has 1 fully saturated rings. The third kappa shape index (κ3) is 4.08. The molecule has 0 radical (unpaired) electrons. The number of hydrogen-bond acceptors (Lipinski definition) is 2. The summed E-state index contributed by atoms with van der Waals surface area (Å²) < 4.78 is 5.37. The Hall–Kier alpha value is -0.830. The number of aliphatic carboxylic acids is 1. The van der Waals surface area contributed by atoms with Crippen LogP contribution in [-0.4, -0.2) is 23.8 Å². The molecular formula is C10H16O3. The average molecular weight is 184 g/mol. The second kappa shape index (κ2) is 4.42. The summed E-state index contributed by atoms with van der Waals surface area (Å²) in [7, 11) is 0. The lowest BCUT2D eigenvalue weighted by Crippen LogP contribution is -2.08. The molecule has 0 aromatic rings. The maximum Gasteiger partial charge on any atom is 0.328 e. The molecule has 0 bridgehead atoms. The Morgan fingerprint density at radius 2 is 2.23 bits per heavy atom. The van der Waals surface area contributed by atoms with Gasteiger partial charge in [-0.1, -0.05) is 0 Å². The zero-order valence-electron chi connectivity index (χ0n) is 8.12. The van der Waals surface area contributed by atoms with Crippen LogP contribution in [0.3, 0.4) is 0 Å². The lowest BCUT2D eigenvalue weighted by atomic mass is 10.1. The van der Waals surface area contributed by atoms with Crippen molar-refractivity contribution in [2.45, 2.75) is 32.8 Å². The first kappa shape index (κ1) is 10.3. The Balaban J connectivity index is 2.43. The van der Waals surface area contributed by atoms with Crippen LogP contribution in [-0.2, 0) is 9.53 Å². The standard InChI is InChI=1S/C10H16O3/c1-7(2)13-6-9(5-10(11)12)8-3-4-8/h5,7-8H,3-4,6H2,1-2H3,(H,11,12)/b9-5-. The van der Waals surface area contributed by atoms with Crippen LogP contribution in [0, 0.1) is 5.92 Å². The molecule has 1 rings (SSSR count). The first-order chi connectivity index (χ1) is 6.09. The first-order valence-corrected chi connectivity index (χ1v) is 4.64. The van der Waals surface area contributed by atoms with E-state index in [1.165, 1.54) is 6.08 Å². The highest BCUT2D eigenvalue weighted by Crippen LogP contribution is 2.36. The lowest BCUT2D eigenvalue weighted by molar-refractivity contribution is -0.131. The van der Waals surface area contributed by atoms with Crippen LogP contribution >= 0.6 is 0 Å². The van der Waals surface area contributed by atoms with Crippen molar-refractivity contribution in [1.29, 1.82) is 0 Å². The zero-order chi connectivity index (χ0) is 9.84. The summed E-state index contributed by atoms with van der Waals surface area (Å²) in [6.45, 7) is 4.37. The van der Waals surface area contributed by atoms with Crippen LogP contribution in [0.25, 0.3) is 0 Å². The second-order valence-corrected chi connectivity index (χ2v) is 3.69. The normalized spacial score (nSPS) is 17.9. The summed E-state index contributed by atoms with van der Waals surface area (Å²) in [5, 5.41) is 8.59. The molecule has 0 aromatic carbocycles. The minimum atomic E-state index is -0.866. The highest BCUT2D eigenvalue weighted by Gasteiger charge is 2.26. The molecule has 0 heterocycles. The van der Waals surface area contributed by atoms with Gasteiger partial charge in [0.25, 0.3) is 0 Å². The van der Waals surface area contributed by atoms with Crippen molar-refractivity contribution < 1.29 is 14.6 Å². The molecule has 74 valence electrons. The molecule has 0 unspecified atom stereocenters. The summed E-state index contributed by atoms with van der Waals surface area (Å²) in [6.07, 6.45) is 3.68. The van der Waals surface area contributed by atoms with Gasteiger partial charge in [0.15, 0.2) is 0 Å². The predicted molar refractivity (Wildman–Crippen MR) is 49.5 cm³/mol. The van der Waals surface area contributed by atoms with Gasteiger partial charge in [0.2, 0.25) is 0 Å². The minimum absolute atomic E-state index is 0.163. The van der Waals surface area contributed by atoms with Gasteiger partial charge < -0.3 is 9.84 Å². The smallest absolute Gasteiger partial charge is 0.328 e. The maximum absolute atomic E-state index is 10.5. The van der Waals surface area contributed by atoms with Gasteiger partial charge in [-0.05, 0) is 38.2 Å². The number of carboxylic acids is 1. The number of carbonyl (C=O) groups is 1. The molecule has 0 aliphatic heterocycles. The highest BCUT2D eigenvalue weighted by atomic mass is 16.5. The van der Waals surface area contributed by atoms with E-state index in [1.807, 2.05) is 13.8 Å². The number of hydrogen-bond donors (Lipinski definition) is 1. The highest BCUT2D eigenvalue weighted by molar-refractivity contribution is 5.80. The molecule has 3 nitrogen and oxygen atoms in total. The van der Waals surface area contributed by atoms with E-state index in [1.54, 1.807) is 0 Å². The van der Waals surface area contributed by atoms with Crippen molar-refractivity contribution >= 4 is 5.97 Å². The van der Waals surface area contributed by atoms with Crippen molar-refractivity contribution in [2.75, 3.05) is 6.61 Å². The predicted octanol–water partition coefficient (Wildman–Crippen LogP) is 1.83. The van der Waals surface area contributed by atoms with Gasteiger partial charge in [-0.3, -0.25) is 0 Å². The molecule has 0 atom stereocenters. The van der Waals surface area contributed by atoms with Crippen molar-refractivity contribution in [3.63, 3.8) is 0 Å². The third-order valence-electron chi connectivity index (χ3n) is 1.99. The van der Waals surface area contributed by atoms with Gasteiger partial charge in [0, 0.05) is 6.08 Å². The Bertz CT molecular complexity index is 214. The van der Waals surface area contributed by atoms with Gasteiger partial charge in [-0.15, -0.1) is 0 Å². The van der Waals surface area contributed by atoms with Gasteiger partial charge in [-0.2, -0.15) is 0 Å². The fraction of sp³-hybridized carbons (Fsp3) is 0.700. The SMILES string of the molecule is CC(C)OC/C(=C/C(=O)O)C1CC1. The molecule has 1 N–H and O–H groups in total. The summed E-state index contributed by atoms with van der Waals surface area (Å²) in [6, 6.07) is 0. The van der Waals surface area contributed by atoms with E-state index in [0.717, 1.165) is 18.4 Å². The van der Waals surface area contributed by atoms with Crippen LogP contribution in [0.1, 0.15) is 26.7 Å². The van der Waals surface area contributed by atoms with E-state index in [9.17, 15) is 4.79 Å². The molecule has 13 heavy (non-hydrogen) atoms. The van der Waals surface area contributed by atoms with Crippen LogP contribution in [0.5, 0.6) is 0 Å². The molecule has 0 aromatic heterocycles. The Morgan fingerprint density at radius 1 is 1.62 bits per heavy atom. The topological polar surface area (TPSA) is 46.5 Å². The summed E-state index contributed by atoms with van der Waals surface area (Å²) in [5.41, 5.74) is 0.932. The van der Waals surface area contributed by atoms with Crippen LogP contribution < -0.4 is 0 Å². The van der Waals surface area contributed by atoms with Gasteiger partial charge >= 0.3 is 5.97 Å². The van der Waals surface area contributed by atoms with Crippen LogP contribution in [0.4, 0.5) is 0 Å². The molecule has 3 heteroatoms. The number of carboxylic acid groups (broad SMARTS) is 1. The fourth-order valence-electron chi connectivity index (χ4n) is 1.15. The van der Waals surface area contributed by atoms with Gasteiger partial charge in [0.05, 0.1) is 12.7 Å². The molecule has 1 saturated carbocycles. The van der Waals surface area contributed by atoms with E-state index in [2.05, 4.69) is 0 Å². The van der Waals surface area contributed by atoms with Crippen molar-refractivity contribution in [3.05, 3.63) is 11.6 Å². The second-order valence-electron chi connectivity index (χ2n) is 3.69. The number of rotatable bonds is 5. The Kier molecular flexibility index (Phi) is 3.48. The molecular weight excluding hydrogens is 168 g/mol. The monoisotopic (exact) mass is 184 g/mol. The van der Waals surface area contributed by atoms with Gasteiger partial charge in [-0.25, -0.2) is 4.79 Å². The fourth-order valence-corrected chi connectivity index (χ4v) is 1.15. The van der Waals surface area contributed by atoms with E-state index in [0.29, 0.717) is 12.5 Å². The molecule has 0 saturated heterocycles. The van der Waals surface area contributed by atoms with Crippen molar-refractivity contribution in [1.82, 2.24) is 0 Å². The average Bonchev–Trinajstić information content (AvgIpc) is 2.78. The lowest BCUT2D eigenvalue weighted by Gasteiger charge is -2.09. The molecule has 0 amide bonds. The third-order valence-corrected chi connectivity index (χ3v) is 1.99.